The first kappa shape index (κ1) is 16.9. The van der Waals surface area contributed by atoms with Crippen LogP contribution >= 0.6 is 23.2 Å². The lowest BCUT2D eigenvalue weighted by Crippen LogP contribution is -2.00. The first-order valence-electron chi connectivity index (χ1n) is 7.91. The van der Waals surface area contributed by atoms with E-state index in [1.165, 1.54) is 5.56 Å². The highest BCUT2D eigenvalue weighted by Crippen LogP contribution is 2.27. The van der Waals surface area contributed by atoms with Crippen molar-refractivity contribution < 1.29 is 4.74 Å². The number of rotatable bonds is 6. The number of fused-ring (bicyclic) bond motifs is 1. The quantitative estimate of drug-likeness (QED) is 0.629. The molecule has 0 saturated heterocycles. The van der Waals surface area contributed by atoms with Gasteiger partial charge in [0.15, 0.2) is 0 Å². The molecule has 3 rings (SSSR count). The van der Waals surface area contributed by atoms with Crippen molar-refractivity contribution in [2.45, 2.75) is 26.3 Å². The molecule has 1 heterocycles. The van der Waals surface area contributed by atoms with Crippen molar-refractivity contribution in [1.82, 2.24) is 9.55 Å². The van der Waals surface area contributed by atoms with Crippen molar-refractivity contribution in [3.05, 3.63) is 52.0 Å². The molecular formula is C18H19Cl2N3O. The molecule has 126 valence electrons. The zero-order chi connectivity index (χ0) is 17.1. The Balaban J connectivity index is 1.59. The van der Waals surface area contributed by atoms with Crippen LogP contribution in [0.15, 0.2) is 36.4 Å². The predicted molar refractivity (Wildman–Crippen MR) is 100 cm³/mol. The first-order chi connectivity index (χ1) is 11.6. The maximum Gasteiger partial charge on any atom is 0.201 e. The number of benzene rings is 2. The third kappa shape index (κ3) is 3.60. The average molecular weight is 364 g/mol. The van der Waals surface area contributed by atoms with Crippen LogP contribution in [-0.2, 0) is 13.0 Å². The van der Waals surface area contributed by atoms with Gasteiger partial charge in [0.05, 0.1) is 22.7 Å². The molecule has 0 unspecified atom stereocenters. The maximum atomic E-state index is 6.09. The highest BCUT2D eigenvalue weighted by molar-refractivity contribution is 6.35. The zero-order valence-electron chi connectivity index (χ0n) is 13.4. The first-order valence-corrected chi connectivity index (χ1v) is 8.66. The van der Waals surface area contributed by atoms with Gasteiger partial charge in [0.2, 0.25) is 5.95 Å². The molecule has 1 aromatic heterocycles. The number of ether oxygens (including phenoxy) is 1. The molecule has 0 aliphatic rings. The number of hydrogen-bond acceptors (Lipinski definition) is 3. The normalized spacial score (nSPS) is 11.1. The van der Waals surface area contributed by atoms with Gasteiger partial charge in [0.1, 0.15) is 5.75 Å². The van der Waals surface area contributed by atoms with Crippen LogP contribution in [0.1, 0.15) is 18.9 Å². The Kier molecular flexibility index (Phi) is 5.17. The standard InChI is InChI=1S/C18H19Cl2N3O/c1-2-23-16-7-5-12(10-15(16)22-18(23)21)4-3-9-24-17-8-6-13(19)11-14(17)20/h5-8,10-11H,2-4,9H2,1H3,(H2,21,22). The van der Waals surface area contributed by atoms with Crippen LogP contribution < -0.4 is 10.5 Å². The predicted octanol–water partition coefficient (Wildman–Crippen LogP) is 4.96. The number of imidazole rings is 1. The number of nitrogens with two attached hydrogens (primary N) is 1. The number of nitrogen functional groups attached to an aromatic ring is 1. The molecule has 2 N–H and O–H groups in total. The fourth-order valence-electron chi connectivity index (χ4n) is 2.73. The summed E-state index contributed by atoms with van der Waals surface area (Å²) in [5.74, 6) is 1.22. The van der Waals surface area contributed by atoms with Gasteiger partial charge in [-0.1, -0.05) is 29.3 Å². The van der Waals surface area contributed by atoms with Crippen LogP contribution in [0.3, 0.4) is 0 Å². The minimum absolute atomic E-state index is 0.532. The topological polar surface area (TPSA) is 53.1 Å². The number of nitrogens with zero attached hydrogens (tertiary/aromatic N) is 2. The molecule has 0 fully saturated rings. The summed E-state index contributed by atoms with van der Waals surface area (Å²) in [7, 11) is 0. The van der Waals surface area contributed by atoms with Crippen molar-refractivity contribution >= 4 is 40.2 Å². The van der Waals surface area contributed by atoms with E-state index in [1.54, 1.807) is 18.2 Å². The van der Waals surface area contributed by atoms with E-state index in [0.29, 0.717) is 28.3 Å². The fourth-order valence-corrected chi connectivity index (χ4v) is 3.20. The lowest BCUT2D eigenvalue weighted by Gasteiger charge is -2.08. The summed E-state index contributed by atoms with van der Waals surface area (Å²) in [5.41, 5.74) is 9.16. The van der Waals surface area contributed by atoms with Crippen molar-refractivity contribution in [3.63, 3.8) is 0 Å². The Morgan fingerprint density at radius 2 is 2.00 bits per heavy atom. The Morgan fingerprint density at radius 3 is 2.75 bits per heavy atom. The Morgan fingerprint density at radius 1 is 1.17 bits per heavy atom. The summed E-state index contributed by atoms with van der Waals surface area (Å²) in [6, 6.07) is 11.5. The summed E-state index contributed by atoms with van der Waals surface area (Å²) in [6.07, 6.45) is 1.79. The van der Waals surface area contributed by atoms with Gasteiger partial charge in [0.25, 0.3) is 0 Å². The molecule has 0 bridgehead atoms. The van der Waals surface area contributed by atoms with E-state index in [9.17, 15) is 0 Å². The minimum Gasteiger partial charge on any atom is -0.492 e. The third-order valence-electron chi connectivity index (χ3n) is 3.92. The molecule has 2 aromatic carbocycles. The lowest BCUT2D eigenvalue weighted by atomic mass is 10.1. The molecule has 0 saturated carbocycles. The highest BCUT2D eigenvalue weighted by atomic mass is 35.5. The number of anilines is 1. The minimum atomic E-state index is 0.532. The SMILES string of the molecule is CCn1c(N)nc2cc(CCCOc3ccc(Cl)cc3Cl)ccc21. The second kappa shape index (κ2) is 7.32. The zero-order valence-corrected chi connectivity index (χ0v) is 14.9. The van der Waals surface area contributed by atoms with E-state index in [0.717, 1.165) is 30.4 Å². The monoisotopic (exact) mass is 363 g/mol. The number of aromatic nitrogens is 2. The van der Waals surface area contributed by atoms with Crippen molar-refractivity contribution in [2.24, 2.45) is 0 Å². The number of aryl methyl sites for hydroxylation is 2. The maximum absolute atomic E-state index is 6.09. The Hall–Kier alpha value is -1.91. The molecule has 0 radical (unpaired) electrons. The van der Waals surface area contributed by atoms with E-state index in [2.05, 4.69) is 30.1 Å². The van der Waals surface area contributed by atoms with Crippen LogP contribution in [0.25, 0.3) is 11.0 Å². The van der Waals surface area contributed by atoms with Crippen LogP contribution in [0, 0.1) is 0 Å². The molecule has 24 heavy (non-hydrogen) atoms. The third-order valence-corrected chi connectivity index (χ3v) is 4.45. The molecule has 0 atom stereocenters. The summed E-state index contributed by atoms with van der Waals surface area (Å²) < 4.78 is 7.72. The summed E-state index contributed by atoms with van der Waals surface area (Å²) in [4.78, 5) is 4.42. The fraction of sp³-hybridized carbons (Fsp3) is 0.278. The highest BCUT2D eigenvalue weighted by Gasteiger charge is 2.07. The summed E-state index contributed by atoms with van der Waals surface area (Å²) >= 11 is 12.0. The second-order valence-electron chi connectivity index (χ2n) is 5.56. The van der Waals surface area contributed by atoms with Crippen LogP contribution in [0.2, 0.25) is 10.0 Å². The smallest absolute Gasteiger partial charge is 0.201 e. The van der Waals surface area contributed by atoms with Crippen LogP contribution in [0.4, 0.5) is 5.95 Å². The summed E-state index contributed by atoms with van der Waals surface area (Å²) in [6.45, 7) is 3.47. The van der Waals surface area contributed by atoms with Crippen molar-refractivity contribution in [2.75, 3.05) is 12.3 Å². The lowest BCUT2D eigenvalue weighted by molar-refractivity contribution is 0.311. The summed E-state index contributed by atoms with van der Waals surface area (Å²) in [5, 5.41) is 1.14. The Labute approximate surface area is 151 Å². The van der Waals surface area contributed by atoms with Gasteiger partial charge in [-0.2, -0.15) is 0 Å². The van der Waals surface area contributed by atoms with Crippen LogP contribution in [0.5, 0.6) is 5.75 Å². The molecule has 6 heteroatoms. The Bertz CT molecular complexity index is 861. The van der Waals surface area contributed by atoms with Gasteiger partial charge in [-0.3, -0.25) is 0 Å². The molecule has 0 aliphatic heterocycles. The molecule has 3 aromatic rings. The van der Waals surface area contributed by atoms with Gasteiger partial charge in [0, 0.05) is 11.6 Å². The number of halogens is 2. The molecule has 4 nitrogen and oxygen atoms in total. The molecule has 0 spiro atoms. The van der Waals surface area contributed by atoms with E-state index >= 15 is 0 Å². The molecule has 0 amide bonds. The van der Waals surface area contributed by atoms with Gasteiger partial charge in [-0.15, -0.1) is 0 Å². The van der Waals surface area contributed by atoms with E-state index in [-0.39, 0.29) is 0 Å². The van der Waals surface area contributed by atoms with Gasteiger partial charge in [-0.25, -0.2) is 4.98 Å². The van der Waals surface area contributed by atoms with Crippen molar-refractivity contribution in [3.8, 4) is 5.75 Å². The van der Waals surface area contributed by atoms with Crippen LogP contribution in [-0.4, -0.2) is 16.2 Å². The van der Waals surface area contributed by atoms with E-state index < -0.39 is 0 Å². The van der Waals surface area contributed by atoms with Gasteiger partial charge < -0.3 is 15.0 Å². The average Bonchev–Trinajstić information content (AvgIpc) is 2.87. The van der Waals surface area contributed by atoms with Crippen molar-refractivity contribution in [1.29, 1.82) is 0 Å². The number of hydrogen-bond donors (Lipinski definition) is 1. The second-order valence-corrected chi connectivity index (χ2v) is 6.41. The van der Waals surface area contributed by atoms with Gasteiger partial charge >= 0.3 is 0 Å². The van der Waals surface area contributed by atoms with Gasteiger partial charge in [-0.05, 0) is 55.7 Å². The molecular weight excluding hydrogens is 345 g/mol. The van der Waals surface area contributed by atoms with E-state index in [4.69, 9.17) is 33.7 Å². The largest absolute Gasteiger partial charge is 0.492 e. The molecule has 0 aliphatic carbocycles. The van der Waals surface area contributed by atoms with E-state index in [1.807, 2.05) is 4.57 Å².